The zero-order chi connectivity index (χ0) is 29.6. The molecule has 0 saturated carbocycles. The maximum Gasteiger partial charge on any atom is 0.407 e. The number of hydrogen-bond acceptors (Lipinski definition) is 7. The molecule has 2 heterocycles. The van der Waals surface area contributed by atoms with Gasteiger partial charge in [-0.3, -0.25) is 4.79 Å². The van der Waals surface area contributed by atoms with Gasteiger partial charge in [-0.15, -0.1) is 0 Å². The fraction of sp³-hybridized carbons (Fsp3) is 0.562. The Kier molecular flexibility index (Phi) is 10.6. The molecule has 2 aromatic rings. The van der Waals surface area contributed by atoms with E-state index in [1.54, 1.807) is 0 Å². The summed E-state index contributed by atoms with van der Waals surface area (Å²) in [6.45, 7) is 10.5. The van der Waals surface area contributed by atoms with E-state index in [-0.39, 0.29) is 36.2 Å². The Morgan fingerprint density at radius 1 is 1.05 bits per heavy atom. The van der Waals surface area contributed by atoms with E-state index in [2.05, 4.69) is 11.4 Å². The molecule has 1 N–H and O–H groups in total. The van der Waals surface area contributed by atoms with Gasteiger partial charge in [0.15, 0.2) is 0 Å². The normalized spacial score (nSPS) is 24.8. The minimum absolute atomic E-state index is 0.00271. The van der Waals surface area contributed by atoms with Crippen molar-refractivity contribution in [1.29, 1.82) is 0 Å². The zero-order valence-electron chi connectivity index (χ0n) is 24.6. The van der Waals surface area contributed by atoms with Gasteiger partial charge in [0.1, 0.15) is 17.5 Å². The lowest BCUT2D eigenvalue weighted by molar-refractivity contribution is -0.158. The van der Waals surface area contributed by atoms with Crippen LogP contribution in [0, 0.1) is 5.92 Å². The van der Waals surface area contributed by atoms with Gasteiger partial charge in [0.2, 0.25) is 0 Å². The van der Waals surface area contributed by atoms with Gasteiger partial charge in [0.25, 0.3) is 0 Å². The average Bonchev–Trinajstić information content (AvgIpc) is 2.88. The lowest BCUT2D eigenvalue weighted by Crippen LogP contribution is -2.46. The summed E-state index contributed by atoms with van der Waals surface area (Å²) in [5.41, 5.74) is 2.60. The van der Waals surface area contributed by atoms with E-state index in [1.165, 1.54) is 6.92 Å². The molecule has 2 fully saturated rings. The molecule has 0 bridgehead atoms. The number of benzene rings is 2. The number of nitrogens with one attached hydrogen (secondary N) is 1. The van der Waals surface area contributed by atoms with Crippen molar-refractivity contribution in [3.8, 4) is 5.75 Å². The Bertz CT molecular complexity index is 1180. The highest BCUT2D eigenvalue weighted by Crippen LogP contribution is 2.35. The lowest BCUT2D eigenvalue weighted by atomic mass is 9.94. The van der Waals surface area contributed by atoms with Crippen LogP contribution in [0.2, 0.25) is 5.02 Å². The Hall–Kier alpha value is -2.81. The van der Waals surface area contributed by atoms with Crippen LogP contribution in [0.4, 0.5) is 4.79 Å². The molecule has 41 heavy (non-hydrogen) atoms. The summed E-state index contributed by atoms with van der Waals surface area (Å²) >= 11 is 6.57. The standard InChI is InChI=1S/C32H42ClNO7/c1-20-12-28(40-21(2)35)16-30(39-20)24-8-11-29(33)25(15-24)13-22-6-9-27(10-7-22)38-18-23-14-26(19-37-17-23)34-31(36)41-32(3,4)5/h6-11,15,20,23,26,28,30H,12-14,16-19H2,1-5H3,(H,34,36)/t20-,23?,26?,28?,30-/m1/s1. The van der Waals surface area contributed by atoms with E-state index in [1.807, 2.05) is 64.1 Å². The monoisotopic (exact) mass is 587 g/mol. The van der Waals surface area contributed by atoms with Gasteiger partial charge in [-0.1, -0.05) is 35.9 Å². The van der Waals surface area contributed by atoms with E-state index in [4.69, 9.17) is 35.3 Å². The molecular formula is C32H42ClNO7. The van der Waals surface area contributed by atoms with Gasteiger partial charge in [0.05, 0.1) is 38.1 Å². The Morgan fingerprint density at radius 3 is 2.51 bits per heavy atom. The van der Waals surface area contributed by atoms with Crippen molar-refractivity contribution in [1.82, 2.24) is 5.32 Å². The first-order valence-electron chi connectivity index (χ1n) is 14.3. The summed E-state index contributed by atoms with van der Waals surface area (Å²) < 4.78 is 28.8. The number of carbonyl (C=O) groups excluding carboxylic acids is 2. The molecule has 8 nitrogen and oxygen atoms in total. The van der Waals surface area contributed by atoms with E-state index in [0.717, 1.165) is 28.9 Å². The molecule has 3 unspecified atom stereocenters. The summed E-state index contributed by atoms with van der Waals surface area (Å²) in [5, 5.41) is 3.59. The third-order valence-electron chi connectivity index (χ3n) is 7.06. The smallest absolute Gasteiger partial charge is 0.407 e. The number of amides is 1. The molecule has 0 radical (unpaired) electrons. The van der Waals surface area contributed by atoms with Gasteiger partial charge in [-0.2, -0.15) is 0 Å². The van der Waals surface area contributed by atoms with Crippen LogP contribution in [0.1, 0.15) is 76.7 Å². The Balaban J connectivity index is 1.30. The van der Waals surface area contributed by atoms with Gasteiger partial charge < -0.3 is 29.0 Å². The molecule has 4 rings (SSSR count). The second-order valence-electron chi connectivity index (χ2n) is 12.1. The van der Waals surface area contributed by atoms with Gasteiger partial charge in [-0.25, -0.2) is 4.79 Å². The third kappa shape index (κ3) is 9.90. The number of alkyl carbamates (subject to hydrolysis) is 1. The average molecular weight is 588 g/mol. The molecule has 2 aliphatic heterocycles. The van der Waals surface area contributed by atoms with Crippen LogP contribution < -0.4 is 10.1 Å². The van der Waals surface area contributed by atoms with Gasteiger partial charge >= 0.3 is 12.1 Å². The fourth-order valence-electron chi connectivity index (χ4n) is 5.32. The maximum atomic E-state index is 12.1. The number of esters is 1. The number of halogens is 1. The molecule has 2 aliphatic rings. The van der Waals surface area contributed by atoms with Crippen LogP contribution in [0.5, 0.6) is 5.75 Å². The first kappa shape index (κ1) is 31.1. The first-order chi connectivity index (χ1) is 19.4. The van der Waals surface area contributed by atoms with Crippen molar-refractivity contribution in [2.45, 2.75) is 90.3 Å². The van der Waals surface area contributed by atoms with E-state index < -0.39 is 11.7 Å². The van der Waals surface area contributed by atoms with Crippen LogP contribution in [0.25, 0.3) is 0 Å². The van der Waals surface area contributed by atoms with Crippen LogP contribution in [-0.2, 0) is 30.2 Å². The van der Waals surface area contributed by atoms with Crippen molar-refractivity contribution < 1.29 is 33.3 Å². The summed E-state index contributed by atoms with van der Waals surface area (Å²) in [6, 6.07) is 13.9. The van der Waals surface area contributed by atoms with E-state index >= 15 is 0 Å². The maximum absolute atomic E-state index is 12.1. The molecule has 1 amide bonds. The van der Waals surface area contributed by atoms with Crippen LogP contribution >= 0.6 is 11.6 Å². The zero-order valence-corrected chi connectivity index (χ0v) is 25.4. The van der Waals surface area contributed by atoms with Crippen molar-refractivity contribution in [3.63, 3.8) is 0 Å². The van der Waals surface area contributed by atoms with E-state index in [9.17, 15) is 9.59 Å². The van der Waals surface area contributed by atoms with Crippen LogP contribution in [0.3, 0.4) is 0 Å². The summed E-state index contributed by atoms with van der Waals surface area (Å²) in [7, 11) is 0. The molecular weight excluding hydrogens is 546 g/mol. The third-order valence-corrected chi connectivity index (χ3v) is 7.43. The number of hydrogen-bond donors (Lipinski definition) is 1. The Labute approximate surface area is 248 Å². The topological polar surface area (TPSA) is 92.3 Å². The highest BCUT2D eigenvalue weighted by Gasteiger charge is 2.30. The largest absolute Gasteiger partial charge is 0.493 e. The van der Waals surface area contributed by atoms with Crippen molar-refractivity contribution in [2.24, 2.45) is 5.92 Å². The number of carbonyl (C=O) groups is 2. The first-order valence-corrected chi connectivity index (χ1v) is 14.7. The summed E-state index contributed by atoms with van der Waals surface area (Å²) in [5.74, 6) is 0.672. The van der Waals surface area contributed by atoms with Crippen molar-refractivity contribution in [3.05, 3.63) is 64.2 Å². The Morgan fingerprint density at radius 2 is 1.80 bits per heavy atom. The quantitative estimate of drug-likeness (QED) is 0.357. The molecule has 0 aromatic heterocycles. The van der Waals surface area contributed by atoms with E-state index in [0.29, 0.717) is 44.1 Å². The minimum Gasteiger partial charge on any atom is -0.493 e. The fourth-order valence-corrected chi connectivity index (χ4v) is 5.50. The number of ether oxygens (including phenoxy) is 5. The molecule has 9 heteroatoms. The van der Waals surface area contributed by atoms with Gasteiger partial charge in [0, 0.05) is 30.7 Å². The predicted molar refractivity (Wildman–Crippen MR) is 156 cm³/mol. The van der Waals surface area contributed by atoms with Crippen molar-refractivity contribution >= 4 is 23.7 Å². The molecule has 2 saturated heterocycles. The number of rotatable bonds is 8. The molecule has 2 aromatic carbocycles. The highest BCUT2D eigenvalue weighted by atomic mass is 35.5. The van der Waals surface area contributed by atoms with Crippen LogP contribution in [-0.4, -0.2) is 55.7 Å². The van der Waals surface area contributed by atoms with Gasteiger partial charge in [-0.05, 0) is 75.4 Å². The summed E-state index contributed by atoms with van der Waals surface area (Å²) in [6.07, 6.45) is 2.01. The minimum atomic E-state index is -0.541. The molecule has 0 aliphatic carbocycles. The molecule has 0 spiro atoms. The second-order valence-corrected chi connectivity index (χ2v) is 12.5. The predicted octanol–water partition coefficient (Wildman–Crippen LogP) is 6.41. The lowest BCUT2D eigenvalue weighted by Gasteiger charge is -2.33. The molecule has 224 valence electrons. The second kappa shape index (κ2) is 13.9. The van der Waals surface area contributed by atoms with Crippen molar-refractivity contribution in [2.75, 3.05) is 19.8 Å². The highest BCUT2D eigenvalue weighted by molar-refractivity contribution is 6.31. The SMILES string of the molecule is CC(=O)OC1C[C@@H](C)O[C@@H](c2ccc(Cl)c(Cc3ccc(OCC4COCC(NC(=O)OC(C)(C)C)C4)cc3)c2)C1. The van der Waals surface area contributed by atoms with Crippen LogP contribution in [0.15, 0.2) is 42.5 Å². The molecule has 5 atom stereocenters. The summed E-state index contributed by atoms with van der Waals surface area (Å²) in [4.78, 5) is 23.6.